The lowest BCUT2D eigenvalue weighted by molar-refractivity contribution is -0.132. The Balaban J connectivity index is 1.99. The lowest BCUT2D eigenvalue weighted by Gasteiger charge is -2.26. The van der Waals surface area contributed by atoms with Crippen molar-refractivity contribution in [2.24, 2.45) is 0 Å². The van der Waals surface area contributed by atoms with Crippen LogP contribution in [0, 0.1) is 13.8 Å². The molecule has 1 amide bonds. The molecule has 8 nitrogen and oxygen atoms in total. The fourth-order valence-electron chi connectivity index (χ4n) is 4.61. The molecule has 3 aromatic rings. The van der Waals surface area contributed by atoms with E-state index < -0.39 is 29.5 Å². The number of hydrogen-bond donors (Lipinski definition) is 1. The van der Waals surface area contributed by atoms with E-state index in [2.05, 4.69) is 0 Å². The number of rotatable bonds is 6. The average molecular weight is 502 g/mol. The average Bonchev–Trinajstić information content (AvgIpc) is 3.12. The number of amides is 1. The Morgan fingerprint density at radius 1 is 0.892 bits per heavy atom. The molecule has 0 aliphatic carbocycles. The van der Waals surface area contributed by atoms with Gasteiger partial charge in [0, 0.05) is 12.6 Å². The highest BCUT2D eigenvalue weighted by atomic mass is 16.5. The van der Waals surface area contributed by atoms with Crippen LogP contribution in [0.1, 0.15) is 35.2 Å². The highest BCUT2D eigenvalue weighted by molar-refractivity contribution is 6.51. The fourth-order valence-corrected chi connectivity index (χ4v) is 4.61. The van der Waals surface area contributed by atoms with E-state index in [0.717, 1.165) is 11.1 Å². The summed E-state index contributed by atoms with van der Waals surface area (Å²) in [7, 11) is 2.87. The molecule has 190 valence electrons. The van der Waals surface area contributed by atoms with Gasteiger partial charge in [-0.25, -0.2) is 0 Å². The first-order chi connectivity index (χ1) is 17.7. The van der Waals surface area contributed by atoms with E-state index in [-0.39, 0.29) is 22.6 Å². The lowest BCUT2D eigenvalue weighted by atomic mass is 9.94. The second kappa shape index (κ2) is 10.2. The molecule has 0 bridgehead atoms. The summed E-state index contributed by atoms with van der Waals surface area (Å²) in [6.45, 7) is 5.09. The van der Waals surface area contributed by atoms with E-state index in [1.165, 1.54) is 26.0 Å². The molecular weight excluding hydrogens is 474 g/mol. The van der Waals surface area contributed by atoms with E-state index in [9.17, 15) is 19.5 Å². The van der Waals surface area contributed by atoms with Gasteiger partial charge in [0.1, 0.15) is 28.6 Å². The van der Waals surface area contributed by atoms with E-state index in [1.807, 2.05) is 32.0 Å². The van der Waals surface area contributed by atoms with Crippen LogP contribution < -0.4 is 19.1 Å². The standard InChI is InChI=1S/C29H27NO7/c1-16-13-17(2)15-20(14-16)30-26(19-9-11-21(12-10-19)37-18(3)31)25(28(33)29(30)34)27(32)24-22(35-4)7-6-8-23(24)36-5/h6-15,26,32H,1-5H3/b27-25+. The van der Waals surface area contributed by atoms with Crippen LogP contribution in [0.2, 0.25) is 0 Å². The Morgan fingerprint density at radius 3 is 1.97 bits per heavy atom. The van der Waals surface area contributed by atoms with Gasteiger partial charge in [-0.2, -0.15) is 0 Å². The second-order valence-corrected chi connectivity index (χ2v) is 8.72. The molecule has 3 aromatic carbocycles. The highest BCUT2D eigenvalue weighted by Gasteiger charge is 2.47. The van der Waals surface area contributed by atoms with Crippen molar-refractivity contribution in [1.82, 2.24) is 0 Å². The third kappa shape index (κ3) is 4.78. The fraction of sp³-hybridized carbons (Fsp3) is 0.207. The van der Waals surface area contributed by atoms with Gasteiger partial charge < -0.3 is 19.3 Å². The monoisotopic (exact) mass is 501 g/mol. The number of anilines is 1. The van der Waals surface area contributed by atoms with Crippen LogP contribution in [-0.2, 0) is 14.4 Å². The molecule has 37 heavy (non-hydrogen) atoms. The second-order valence-electron chi connectivity index (χ2n) is 8.72. The van der Waals surface area contributed by atoms with E-state index in [0.29, 0.717) is 17.0 Å². The molecule has 1 saturated heterocycles. The van der Waals surface area contributed by atoms with Crippen LogP contribution in [-0.4, -0.2) is 37.0 Å². The highest BCUT2D eigenvalue weighted by Crippen LogP contribution is 2.45. The van der Waals surface area contributed by atoms with Crippen LogP contribution in [0.15, 0.2) is 66.2 Å². The van der Waals surface area contributed by atoms with Crippen LogP contribution in [0.4, 0.5) is 5.69 Å². The number of aliphatic hydroxyl groups excluding tert-OH is 1. The molecule has 1 fully saturated rings. The Morgan fingerprint density at radius 2 is 1.46 bits per heavy atom. The number of benzene rings is 3. The molecule has 1 atom stereocenters. The zero-order valence-electron chi connectivity index (χ0n) is 21.2. The first kappa shape index (κ1) is 25.5. The number of esters is 1. The van der Waals surface area contributed by atoms with Crippen LogP contribution in [0.25, 0.3) is 5.76 Å². The van der Waals surface area contributed by atoms with E-state index in [1.54, 1.807) is 42.5 Å². The maximum absolute atomic E-state index is 13.5. The number of nitrogens with zero attached hydrogens (tertiary/aromatic N) is 1. The molecule has 1 unspecified atom stereocenters. The third-order valence-electron chi connectivity index (χ3n) is 6.05. The number of carbonyl (C=O) groups excluding carboxylic acids is 3. The first-order valence-corrected chi connectivity index (χ1v) is 11.5. The minimum atomic E-state index is -0.970. The molecule has 1 aliphatic heterocycles. The van der Waals surface area contributed by atoms with Crippen LogP contribution >= 0.6 is 0 Å². The zero-order valence-corrected chi connectivity index (χ0v) is 21.2. The Bertz CT molecular complexity index is 1380. The predicted octanol–water partition coefficient (Wildman–Crippen LogP) is 4.87. The van der Waals surface area contributed by atoms with Gasteiger partial charge in [0.2, 0.25) is 0 Å². The lowest BCUT2D eigenvalue weighted by Crippen LogP contribution is -2.29. The third-order valence-corrected chi connectivity index (χ3v) is 6.05. The van der Waals surface area contributed by atoms with Crippen molar-refractivity contribution >= 4 is 29.1 Å². The van der Waals surface area contributed by atoms with Gasteiger partial charge in [0.25, 0.3) is 11.7 Å². The van der Waals surface area contributed by atoms with Crippen molar-refractivity contribution in [3.8, 4) is 17.2 Å². The maximum Gasteiger partial charge on any atom is 0.308 e. The first-order valence-electron chi connectivity index (χ1n) is 11.5. The molecule has 0 spiro atoms. The summed E-state index contributed by atoms with van der Waals surface area (Å²) >= 11 is 0. The smallest absolute Gasteiger partial charge is 0.308 e. The minimum Gasteiger partial charge on any atom is -0.506 e. The Labute approximate surface area is 214 Å². The maximum atomic E-state index is 13.5. The summed E-state index contributed by atoms with van der Waals surface area (Å²) in [6, 6.07) is 16.0. The molecule has 1 N–H and O–H groups in total. The van der Waals surface area contributed by atoms with Gasteiger partial charge in [0.05, 0.1) is 25.8 Å². The molecule has 0 aromatic heterocycles. The Kier molecular flexibility index (Phi) is 7.02. The molecule has 4 rings (SSSR count). The quantitative estimate of drug-likeness (QED) is 0.169. The summed E-state index contributed by atoms with van der Waals surface area (Å²) in [6.07, 6.45) is 0. The number of aryl methyl sites for hydroxylation is 2. The minimum absolute atomic E-state index is 0.118. The number of hydrogen-bond acceptors (Lipinski definition) is 7. The number of aliphatic hydroxyl groups is 1. The number of carbonyl (C=O) groups is 3. The molecule has 0 radical (unpaired) electrons. The van der Waals surface area contributed by atoms with Crippen molar-refractivity contribution in [2.45, 2.75) is 26.8 Å². The van der Waals surface area contributed by atoms with Gasteiger partial charge in [0.15, 0.2) is 0 Å². The largest absolute Gasteiger partial charge is 0.506 e. The molecule has 1 aliphatic rings. The summed E-state index contributed by atoms with van der Waals surface area (Å²) in [4.78, 5) is 39.7. The van der Waals surface area contributed by atoms with Crippen molar-refractivity contribution in [1.29, 1.82) is 0 Å². The summed E-state index contributed by atoms with van der Waals surface area (Å²) in [5, 5.41) is 11.6. The number of methoxy groups -OCH3 is 2. The van der Waals surface area contributed by atoms with Gasteiger partial charge in [-0.05, 0) is 66.9 Å². The molecule has 1 heterocycles. The Hall–Kier alpha value is -4.59. The van der Waals surface area contributed by atoms with Crippen LogP contribution in [0.5, 0.6) is 17.2 Å². The molecular formula is C29H27NO7. The van der Waals surface area contributed by atoms with Gasteiger partial charge in [-0.1, -0.05) is 24.3 Å². The zero-order chi connectivity index (χ0) is 26.9. The topological polar surface area (TPSA) is 102 Å². The van der Waals surface area contributed by atoms with E-state index in [4.69, 9.17) is 14.2 Å². The summed E-state index contributed by atoms with van der Waals surface area (Å²) < 4.78 is 16.0. The van der Waals surface area contributed by atoms with Crippen molar-refractivity contribution in [2.75, 3.05) is 19.1 Å². The molecule has 8 heteroatoms. The number of ether oxygens (including phenoxy) is 3. The van der Waals surface area contributed by atoms with E-state index >= 15 is 0 Å². The number of Topliss-reactive ketones (excluding diaryl/α,β-unsaturated/α-hetero) is 1. The normalized spacial score (nSPS) is 16.6. The summed E-state index contributed by atoms with van der Waals surface area (Å²) in [5.41, 5.74) is 2.91. The SMILES string of the molecule is COc1cccc(OC)c1/C(O)=C1\C(=O)C(=O)N(c2cc(C)cc(C)c2)C1c1ccc(OC(C)=O)cc1. The van der Waals surface area contributed by atoms with Gasteiger partial charge >= 0.3 is 5.97 Å². The van der Waals surface area contributed by atoms with Gasteiger partial charge in [-0.15, -0.1) is 0 Å². The van der Waals surface area contributed by atoms with Crippen molar-refractivity contribution in [3.63, 3.8) is 0 Å². The summed E-state index contributed by atoms with van der Waals surface area (Å²) in [5.74, 6) is -1.66. The van der Waals surface area contributed by atoms with Crippen molar-refractivity contribution in [3.05, 3.63) is 88.5 Å². The van der Waals surface area contributed by atoms with Crippen molar-refractivity contribution < 1.29 is 33.7 Å². The molecule has 0 saturated carbocycles. The van der Waals surface area contributed by atoms with Crippen LogP contribution in [0.3, 0.4) is 0 Å². The van der Waals surface area contributed by atoms with Gasteiger partial charge in [-0.3, -0.25) is 19.3 Å². The predicted molar refractivity (Wildman–Crippen MR) is 138 cm³/mol. The number of ketones is 1.